The van der Waals surface area contributed by atoms with Crippen LogP contribution < -0.4 is 4.90 Å². The number of anilines is 1. The quantitative estimate of drug-likeness (QED) is 0.850. The second-order valence-corrected chi connectivity index (χ2v) is 5.60. The third-order valence-corrected chi connectivity index (χ3v) is 4.06. The third kappa shape index (κ3) is 2.96. The van der Waals surface area contributed by atoms with Crippen molar-refractivity contribution in [3.05, 3.63) is 65.5 Å². The van der Waals surface area contributed by atoms with Crippen molar-refractivity contribution in [1.82, 2.24) is 4.90 Å². The molecular weight excluding hydrogens is 279 g/mol. The monoisotopic (exact) mass is 298 g/mol. The number of aryl methyl sites for hydroxylation is 1. The van der Waals surface area contributed by atoms with Gasteiger partial charge in [-0.05, 0) is 31.2 Å². The molecule has 0 radical (unpaired) electrons. The minimum absolute atomic E-state index is 0.0492. The summed E-state index contributed by atoms with van der Waals surface area (Å²) >= 11 is 0. The van der Waals surface area contributed by atoms with Crippen molar-refractivity contribution in [3.63, 3.8) is 0 Å². The molecule has 2 aromatic rings. The summed E-state index contributed by atoms with van der Waals surface area (Å²) in [6.45, 7) is 4.53. The van der Waals surface area contributed by atoms with Crippen LogP contribution in [0.3, 0.4) is 0 Å². The predicted octanol–water partition coefficient (Wildman–Crippen LogP) is 3.10. The molecule has 0 N–H and O–H groups in total. The maximum Gasteiger partial charge on any atom is 0.253 e. The summed E-state index contributed by atoms with van der Waals surface area (Å²) < 4.78 is 13.8. The Morgan fingerprint density at radius 2 is 1.59 bits per heavy atom. The molecule has 1 fully saturated rings. The van der Waals surface area contributed by atoms with Crippen LogP contribution in [0, 0.1) is 12.7 Å². The van der Waals surface area contributed by atoms with E-state index in [4.69, 9.17) is 0 Å². The number of amides is 1. The summed E-state index contributed by atoms with van der Waals surface area (Å²) in [6.07, 6.45) is 0. The number of carbonyl (C=O) groups is 1. The molecule has 0 aromatic heterocycles. The first-order valence-electron chi connectivity index (χ1n) is 7.50. The standard InChI is InChI=1S/C18H19FN2O/c1-14-6-8-15(9-7-14)18(22)21-12-10-20(11-13-21)17-5-3-2-4-16(17)19/h2-9H,10-13H2,1H3. The number of halogens is 1. The largest absolute Gasteiger partial charge is 0.366 e. The molecule has 1 aliphatic rings. The van der Waals surface area contributed by atoms with Gasteiger partial charge in [0.15, 0.2) is 0 Å². The number of para-hydroxylation sites is 1. The summed E-state index contributed by atoms with van der Waals surface area (Å²) in [5.41, 5.74) is 2.47. The van der Waals surface area contributed by atoms with E-state index in [2.05, 4.69) is 0 Å². The highest BCUT2D eigenvalue weighted by Gasteiger charge is 2.23. The van der Waals surface area contributed by atoms with Gasteiger partial charge in [0.05, 0.1) is 5.69 Å². The molecular formula is C18H19FN2O. The van der Waals surface area contributed by atoms with Crippen molar-refractivity contribution < 1.29 is 9.18 Å². The summed E-state index contributed by atoms with van der Waals surface area (Å²) in [5, 5.41) is 0. The van der Waals surface area contributed by atoms with Gasteiger partial charge in [-0.25, -0.2) is 4.39 Å². The Morgan fingerprint density at radius 3 is 2.23 bits per heavy atom. The van der Waals surface area contributed by atoms with E-state index in [9.17, 15) is 9.18 Å². The van der Waals surface area contributed by atoms with Gasteiger partial charge < -0.3 is 9.80 Å². The van der Waals surface area contributed by atoms with Gasteiger partial charge in [-0.15, -0.1) is 0 Å². The minimum atomic E-state index is -0.208. The van der Waals surface area contributed by atoms with E-state index in [0.717, 1.165) is 5.56 Å². The minimum Gasteiger partial charge on any atom is -0.366 e. The first kappa shape index (κ1) is 14.6. The van der Waals surface area contributed by atoms with Crippen LogP contribution in [0.25, 0.3) is 0 Å². The van der Waals surface area contributed by atoms with Crippen LogP contribution in [0.5, 0.6) is 0 Å². The van der Waals surface area contributed by atoms with Crippen LogP contribution in [0.15, 0.2) is 48.5 Å². The molecule has 0 aliphatic carbocycles. The van der Waals surface area contributed by atoms with E-state index in [-0.39, 0.29) is 11.7 Å². The lowest BCUT2D eigenvalue weighted by Gasteiger charge is -2.36. The molecule has 3 rings (SSSR count). The number of carbonyl (C=O) groups excluding carboxylic acids is 1. The number of piperazine rings is 1. The number of benzene rings is 2. The molecule has 2 aromatic carbocycles. The van der Waals surface area contributed by atoms with Crippen LogP contribution in [0.1, 0.15) is 15.9 Å². The van der Waals surface area contributed by atoms with E-state index in [1.165, 1.54) is 6.07 Å². The van der Waals surface area contributed by atoms with Gasteiger partial charge in [-0.1, -0.05) is 29.8 Å². The molecule has 1 aliphatic heterocycles. The predicted molar refractivity (Wildman–Crippen MR) is 85.7 cm³/mol. The topological polar surface area (TPSA) is 23.6 Å². The van der Waals surface area contributed by atoms with E-state index >= 15 is 0 Å². The van der Waals surface area contributed by atoms with Gasteiger partial charge in [0, 0.05) is 31.7 Å². The second-order valence-electron chi connectivity index (χ2n) is 5.60. The van der Waals surface area contributed by atoms with Gasteiger partial charge in [-0.2, -0.15) is 0 Å². The fourth-order valence-electron chi connectivity index (χ4n) is 2.74. The molecule has 0 atom stereocenters. The van der Waals surface area contributed by atoms with Gasteiger partial charge >= 0.3 is 0 Å². The smallest absolute Gasteiger partial charge is 0.253 e. The van der Waals surface area contributed by atoms with Crippen molar-refractivity contribution in [1.29, 1.82) is 0 Å². The Hall–Kier alpha value is -2.36. The Morgan fingerprint density at radius 1 is 0.955 bits per heavy atom. The van der Waals surface area contributed by atoms with Crippen LogP contribution in [-0.2, 0) is 0 Å². The number of rotatable bonds is 2. The van der Waals surface area contributed by atoms with Crippen LogP contribution in [0.2, 0.25) is 0 Å². The van der Waals surface area contributed by atoms with E-state index in [0.29, 0.717) is 37.4 Å². The maximum absolute atomic E-state index is 13.8. The van der Waals surface area contributed by atoms with Crippen molar-refractivity contribution in [2.24, 2.45) is 0 Å². The average Bonchev–Trinajstić information content (AvgIpc) is 2.56. The summed E-state index contributed by atoms with van der Waals surface area (Å²) in [5.74, 6) is -0.158. The zero-order chi connectivity index (χ0) is 15.5. The maximum atomic E-state index is 13.8. The highest BCUT2D eigenvalue weighted by Crippen LogP contribution is 2.20. The van der Waals surface area contributed by atoms with Gasteiger partial charge in [0.1, 0.15) is 5.82 Å². The van der Waals surface area contributed by atoms with Crippen LogP contribution in [0.4, 0.5) is 10.1 Å². The Balaban J connectivity index is 1.65. The third-order valence-electron chi connectivity index (χ3n) is 4.06. The lowest BCUT2D eigenvalue weighted by atomic mass is 10.1. The summed E-state index contributed by atoms with van der Waals surface area (Å²) in [4.78, 5) is 16.3. The summed E-state index contributed by atoms with van der Waals surface area (Å²) in [6, 6.07) is 14.4. The molecule has 3 nitrogen and oxygen atoms in total. The molecule has 22 heavy (non-hydrogen) atoms. The first-order chi connectivity index (χ1) is 10.6. The Bertz CT molecular complexity index is 661. The lowest BCUT2D eigenvalue weighted by molar-refractivity contribution is 0.0746. The molecule has 1 saturated heterocycles. The highest BCUT2D eigenvalue weighted by molar-refractivity contribution is 5.94. The molecule has 114 valence electrons. The molecule has 0 spiro atoms. The van der Waals surface area contributed by atoms with Crippen molar-refractivity contribution in [3.8, 4) is 0 Å². The Labute approximate surface area is 130 Å². The fraction of sp³-hybridized carbons (Fsp3) is 0.278. The fourth-order valence-corrected chi connectivity index (χ4v) is 2.74. The molecule has 0 unspecified atom stereocenters. The lowest BCUT2D eigenvalue weighted by Crippen LogP contribution is -2.49. The number of hydrogen-bond donors (Lipinski definition) is 0. The average molecular weight is 298 g/mol. The van der Waals surface area contributed by atoms with Gasteiger partial charge in [0.2, 0.25) is 0 Å². The van der Waals surface area contributed by atoms with Crippen LogP contribution in [-0.4, -0.2) is 37.0 Å². The number of hydrogen-bond acceptors (Lipinski definition) is 2. The summed E-state index contributed by atoms with van der Waals surface area (Å²) in [7, 11) is 0. The highest BCUT2D eigenvalue weighted by atomic mass is 19.1. The molecule has 0 bridgehead atoms. The molecule has 4 heteroatoms. The first-order valence-corrected chi connectivity index (χ1v) is 7.50. The van der Waals surface area contributed by atoms with E-state index in [1.807, 2.05) is 47.1 Å². The zero-order valence-electron chi connectivity index (χ0n) is 12.6. The molecule has 1 heterocycles. The molecule has 0 saturated carbocycles. The van der Waals surface area contributed by atoms with Gasteiger partial charge in [0.25, 0.3) is 5.91 Å². The van der Waals surface area contributed by atoms with Gasteiger partial charge in [-0.3, -0.25) is 4.79 Å². The van der Waals surface area contributed by atoms with E-state index in [1.54, 1.807) is 12.1 Å². The van der Waals surface area contributed by atoms with Crippen molar-refractivity contribution >= 4 is 11.6 Å². The normalized spacial score (nSPS) is 15.0. The zero-order valence-corrected chi connectivity index (χ0v) is 12.6. The van der Waals surface area contributed by atoms with Crippen LogP contribution >= 0.6 is 0 Å². The second kappa shape index (κ2) is 6.18. The van der Waals surface area contributed by atoms with Crippen molar-refractivity contribution in [2.75, 3.05) is 31.1 Å². The number of nitrogens with zero attached hydrogens (tertiary/aromatic N) is 2. The van der Waals surface area contributed by atoms with Crippen molar-refractivity contribution in [2.45, 2.75) is 6.92 Å². The molecule has 1 amide bonds. The SMILES string of the molecule is Cc1ccc(C(=O)N2CCN(c3ccccc3F)CC2)cc1. The Kier molecular flexibility index (Phi) is 4.09. The van der Waals surface area contributed by atoms with E-state index < -0.39 is 0 Å².